The van der Waals surface area contributed by atoms with Crippen LogP contribution in [0.15, 0.2) is 36.5 Å². The van der Waals surface area contributed by atoms with E-state index in [1.807, 2.05) is 37.3 Å². The standard InChI is InChI=1S/C17H24N4O/c1-4-6-13-21(3)16-11-12-18-17(20-16)19-14-7-9-15(10-8-14)22-5-2/h7-12H,4-6,13H2,1-3H3,(H,18,19,20). The number of aromatic nitrogens is 2. The zero-order valence-electron chi connectivity index (χ0n) is 13.5. The number of rotatable bonds is 8. The van der Waals surface area contributed by atoms with Crippen LogP contribution in [-0.2, 0) is 0 Å². The summed E-state index contributed by atoms with van der Waals surface area (Å²) in [4.78, 5) is 11.0. The van der Waals surface area contributed by atoms with Gasteiger partial charge < -0.3 is 15.0 Å². The summed E-state index contributed by atoms with van der Waals surface area (Å²) in [6.45, 7) is 5.82. The minimum atomic E-state index is 0.602. The summed E-state index contributed by atoms with van der Waals surface area (Å²) in [5.74, 6) is 2.39. The molecule has 22 heavy (non-hydrogen) atoms. The van der Waals surface area contributed by atoms with Crippen molar-refractivity contribution in [2.24, 2.45) is 0 Å². The van der Waals surface area contributed by atoms with Gasteiger partial charge in [0.2, 0.25) is 5.95 Å². The van der Waals surface area contributed by atoms with Crippen LogP contribution in [0.25, 0.3) is 0 Å². The van der Waals surface area contributed by atoms with E-state index in [1.54, 1.807) is 6.20 Å². The molecule has 5 nitrogen and oxygen atoms in total. The number of hydrogen-bond donors (Lipinski definition) is 1. The molecule has 0 saturated heterocycles. The predicted molar refractivity (Wildman–Crippen MR) is 91.1 cm³/mol. The van der Waals surface area contributed by atoms with Crippen molar-refractivity contribution in [3.05, 3.63) is 36.5 Å². The minimum Gasteiger partial charge on any atom is -0.494 e. The van der Waals surface area contributed by atoms with E-state index in [-0.39, 0.29) is 0 Å². The molecule has 0 amide bonds. The highest BCUT2D eigenvalue weighted by Gasteiger charge is 2.04. The normalized spacial score (nSPS) is 10.3. The molecule has 0 fully saturated rings. The molecule has 0 atom stereocenters. The molecule has 0 aliphatic carbocycles. The molecule has 0 unspecified atom stereocenters. The molecule has 0 aliphatic rings. The zero-order chi connectivity index (χ0) is 15.8. The van der Waals surface area contributed by atoms with Crippen LogP contribution in [0.3, 0.4) is 0 Å². The van der Waals surface area contributed by atoms with Crippen LogP contribution in [0.4, 0.5) is 17.5 Å². The Morgan fingerprint density at radius 3 is 2.59 bits per heavy atom. The third-order valence-corrected chi connectivity index (χ3v) is 3.30. The van der Waals surface area contributed by atoms with E-state index in [4.69, 9.17) is 4.74 Å². The van der Waals surface area contributed by atoms with E-state index in [2.05, 4.69) is 34.2 Å². The molecule has 1 aromatic carbocycles. The van der Waals surface area contributed by atoms with Gasteiger partial charge in [0.1, 0.15) is 11.6 Å². The van der Waals surface area contributed by atoms with Crippen molar-refractivity contribution < 1.29 is 4.74 Å². The maximum Gasteiger partial charge on any atom is 0.229 e. The molecule has 0 bridgehead atoms. The summed E-state index contributed by atoms with van der Waals surface area (Å²) in [6, 6.07) is 9.72. The van der Waals surface area contributed by atoms with Crippen LogP contribution in [0.1, 0.15) is 26.7 Å². The number of unbranched alkanes of at least 4 members (excludes halogenated alkanes) is 1. The first-order chi connectivity index (χ1) is 10.7. The number of hydrogen-bond acceptors (Lipinski definition) is 5. The molecule has 0 radical (unpaired) electrons. The smallest absolute Gasteiger partial charge is 0.229 e. The average Bonchev–Trinajstić information content (AvgIpc) is 2.55. The van der Waals surface area contributed by atoms with Gasteiger partial charge in [-0.2, -0.15) is 4.98 Å². The molecule has 2 rings (SSSR count). The summed E-state index contributed by atoms with van der Waals surface area (Å²) in [7, 11) is 2.05. The van der Waals surface area contributed by atoms with Gasteiger partial charge in [0.25, 0.3) is 0 Å². The molecule has 1 N–H and O–H groups in total. The molecule has 2 aromatic rings. The number of nitrogens with zero attached hydrogens (tertiary/aromatic N) is 3. The average molecular weight is 300 g/mol. The van der Waals surface area contributed by atoms with Gasteiger partial charge in [-0.1, -0.05) is 13.3 Å². The molecule has 1 aromatic heterocycles. The quantitative estimate of drug-likeness (QED) is 0.802. The van der Waals surface area contributed by atoms with E-state index in [0.717, 1.165) is 30.2 Å². The van der Waals surface area contributed by atoms with Crippen LogP contribution < -0.4 is 15.0 Å². The summed E-state index contributed by atoms with van der Waals surface area (Å²) >= 11 is 0. The van der Waals surface area contributed by atoms with Gasteiger partial charge in [-0.3, -0.25) is 0 Å². The van der Waals surface area contributed by atoms with Crippen molar-refractivity contribution in [3.63, 3.8) is 0 Å². The fourth-order valence-electron chi connectivity index (χ4n) is 2.06. The van der Waals surface area contributed by atoms with E-state index in [1.165, 1.54) is 6.42 Å². The van der Waals surface area contributed by atoms with Crippen LogP contribution in [0.2, 0.25) is 0 Å². The van der Waals surface area contributed by atoms with Crippen LogP contribution in [0.5, 0.6) is 5.75 Å². The number of nitrogens with one attached hydrogen (secondary N) is 1. The lowest BCUT2D eigenvalue weighted by Crippen LogP contribution is -2.19. The Morgan fingerprint density at radius 1 is 1.14 bits per heavy atom. The molecule has 0 aliphatic heterocycles. The van der Waals surface area contributed by atoms with Crippen LogP contribution >= 0.6 is 0 Å². The Morgan fingerprint density at radius 2 is 1.91 bits per heavy atom. The molecule has 1 heterocycles. The van der Waals surface area contributed by atoms with Crippen molar-refractivity contribution >= 4 is 17.5 Å². The van der Waals surface area contributed by atoms with Crippen molar-refractivity contribution in [2.45, 2.75) is 26.7 Å². The number of ether oxygens (including phenoxy) is 1. The first kappa shape index (κ1) is 16.1. The fourth-order valence-corrected chi connectivity index (χ4v) is 2.06. The summed E-state index contributed by atoms with van der Waals surface area (Å²) < 4.78 is 5.43. The Bertz CT molecular complexity index is 571. The summed E-state index contributed by atoms with van der Waals surface area (Å²) in [5.41, 5.74) is 0.941. The van der Waals surface area contributed by atoms with Crippen LogP contribution in [0, 0.1) is 0 Å². The van der Waals surface area contributed by atoms with Crippen molar-refractivity contribution in [1.29, 1.82) is 0 Å². The lowest BCUT2D eigenvalue weighted by Gasteiger charge is -2.18. The molecule has 0 saturated carbocycles. The van der Waals surface area contributed by atoms with Crippen LogP contribution in [-0.4, -0.2) is 30.2 Å². The number of benzene rings is 1. The highest BCUT2D eigenvalue weighted by molar-refractivity contribution is 5.56. The molecular weight excluding hydrogens is 276 g/mol. The second kappa shape index (κ2) is 8.22. The van der Waals surface area contributed by atoms with E-state index < -0.39 is 0 Å². The Balaban J connectivity index is 2.03. The lowest BCUT2D eigenvalue weighted by atomic mass is 10.3. The molecule has 118 valence electrons. The fraction of sp³-hybridized carbons (Fsp3) is 0.412. The molecule has 5 heteroatoms. The third kappa shape index (κ3) is 4.62. The van der Waals surface area contributed by atoms with Gasteiger partial charge in [-0.05, 0) is 43.7 Å². The Labute approximate surface area is 132 Å². The second-order valence-electron chi connectivity index (χ2n) is 5.10. The van der Waals surface area contributed by atoms with Crippen molar-refractivity contribution in [3.8, 4) is 5.75 Å². The van der Waals surface area contributed by atoms with Gasteiger partial charge in [0, 0.05) is 25.5 Å². The zero-order valence-corrected chi connectivity index (χ0v) is 13.5. The Hall–Kier alpha value is -2.30. The predicted octanol–water partition coefficient (Wildman–Crippen LogP) is 3.86. The SMILES string of the molecule is CCCCN(C)c1ccnc(Nc2ccc(OCC)cc2)n1. The van der Waals surface area contributed by atoms with Gasteiger partial charge in [-0.15, -0.1) is 0 Å². The maximum absolute atomic E-state index is 5.43. The molecular formula is C17H24N4O. The van der Waals surface area contributed by atoms with Gasteiger partial charge in [-0.25, -0.2) is 4.98 Å². The van der Waals surface area contributed by atoms with Crippen molar-refractivity contribution in [1.82, 2.24) is 9.97 Å². The summed E-state index contributed by atoms with van der Waals surface area (Å²) in [6.07, 6.45) is 4.11. The molecule has 0 spiro atoms. The van der Waals surface area contributed by atoms with Gasteiger partial charge >= 0.3 is 0 Å². The highest BCUT2D eigenvalue weighted by atomic mass is 16.5. The highest BCUT2D eigenvalue weighted by Crippen LogP contribution is 2.19. The Kier molecular flexibility index (Phi) is 6.01. The van der Waals surface area contributed by atoms with Crippen molar-refractivity contribution in [2.75, 3.05) is 30.4 Å². The first-order valence-electron chi connectivity index (χ1n) is 7.77. The summed E-state index contributed by atoms with van der Waals surface area (Å²) in [5, 5.41) is 3.22. The van der Waals surface area contributed by atoms with E-state index in [9.17, 15) is 0 Å². The topological polar surface area (TPSA) is 50.3 Å². The first-order valence-corrected chi connectivity index (χ1v) is 7.77. The van der Waals surface area contributed by atoms with Gasteiger partial charge in [0.15, 0.2) is 0 Å². The lowest BCUT2D eigenvalue weighted by molar-refractivity contribution is 0.340. The second-order valence-corrected chi connectivity index (χ2v) is 5.10. The maximum atomic E-state index is 5.43. The van der Waals surface area contributed by atoms with Gasteiger partial charge in [0.05, 0.1) is 6.61 Å². The van der Waals surface area contributed by atoms with E-state index in [0.29, 0.717) is 12.6 Å². The monoisotopic (exact) mass is 300 g/mol. The van der Waals surface area contributed by atoms with E-state index >= 15 is 0 Å². The minimum absolute atomic E-state index is 0.602. The number of anilines is 3. The third-order valence-electron chi connectivity index (χ3n) is 3.30. The largest absolute Gasteiger partial charge is 0.494 e.